The van der Waals surface area contributed by atoms with Crippen LogP contribution in [0.15, 0.2) is 24.3 Å². The van der Waals surface area contributed by atoms with Crippen LogP contribution in [-0.2, 0) is 16.1 Å². The summed E-state index contributed by atoms with van der Waals surface area (Å²) in [7, 11) is 0. The normalized spacial score (nSPS) is 32.9. The van der Waals surface area contributed by atoms with Crippen LogP contribution in [0, 0.1) is 30.1 Å². The highest BCUT2D eigenvalue weighted by Gasteiger charge is 2.53. The van der Waals surface area contributed by atoms with E-state index < -0.39 is 11.8 Å². The van der Waals surface area contributed by atoms with Crippen molar-refractivity contribution in [1.29, 1.82) is 0 Å². The lowest BCUT2D eigenvalue weighted by molar-refractivity contribution is -0.141. The Morgan fingerprint density at radius 1 is 1.00 bits per heavy atom. The van der Waals surface area contributed by atoms with E-state index in [2.05, 4.69) is 17.6 Å². The average Bonchev–Trinajstić information content (AvgIpc) is 2.59. The molecule has 4 fully saturated rings. The van der Waals surface area contributed by atoms with E-state index in [0.29, 0.717) is 6.54 Å². The molecule has 0 saturated heterocycles. The lowest BCUT2D eigenvalue weighted by Gasteiger charge is -2.59. The fourth-order valence-corrected chi connectivity index (χ4v) is 6.09. The summed E-state index contributed by atoms with van der Waals surface area (Å²) >= 11 is 0. The molecule has 4 aliphatic carbocycles. The van der Waals surface area contributed by atoms with Crippen LogP contribution in [0.2, 0.25) is 0 Å². The van der Waals surface area contributed by atoms with E-state index in [-0.39, 0.29) is 11.5 Å². The maximum absolute atomic E-state index is 12.4. The Morgan fingerprint density at radius 2 is 1.54 bits per heavy atom. The van der Waals surface area contributed by atoms with Gasteiger partial charge in [0, 0.05) is 12.6 Å². The number of carbonyl (C=O) groups is 2. The number of rotatable bonds is 4. The van der Waals surface area contributed by atoms with Crippen LogP contribution in [-0.4, -0.2) is 17.9 Å². The molecule has 5 rings (SSSR count). The van der Waals surface area contributed by atoms with Gasteiger partial charge in [0.15, 0.2) is 0 Å². The first kappa shape index (κ1) is 17.6. The molecule has 1 atom stereocenters. The molecular weight excluding hydrogens is 324 g/mol. The van der Waals surface area contributed by atoms with Crippen molar-refractivity contribution in [2.75, 3.05) is 0 Å². The molecule has 0 heterocycles. The molecule has 0 spiro atoms. The molecule has 26 heavy (non-hydrogen) atoms. The standard InChI is InChI=1S/C22H30N2O2/c1-14-3-5-16(6-4-14)13-23-20(25)21(26)24-15(2)22-10-17-7-18(11-22)9-19(8-17)12-22/h3-6,15,17-19H,7-13H2,1-2H3,(H,23,25)(H,24,26). The third kappa shape index (κ3) is 3.38. The lowest BCUT2D eigenvalue weighted by Crippen LogP contribution is -2.57. The van der Waals surface area contributed by atoms with Crippen molar-refractivity contribution in [2.24, 2.45) is 23.2 Å². The second kappa shape index (κ2) is 6.71. The Morgan fingerprint density at radius 3 is 2.08 bits per heavy atom. The average molecular weight is 354 g/mol. The van der Waals surface area contributed by atoms with Crippen LogP contribution in [0.3, 0.4) is 0 Å². The van der Waals surface area contributed by atoms with E-state index in [9.17, 15) is 9.59 Å². The van der Waals surface area contributed by atoms with Crippen molar-refractivity contribution in [3.63, 3.8) is 0 Å². The number of aryl methyl sites for hydroxylation is 1. The van der Waals surface area contributed by atoms with Crippen LogP contribution in [0.5, 0.6) is 0 Å². The van der Waals surface area contributed by atoms with Crippen molar-refractivity contribution in [3.8, 4) is 0 Å². The molecule has 4 bridgehead atoms. The zero-order valence-electron chi connectivity index (χ0n) is 15.9. The highest BCUT2D eigenvalue weighted by Crippen LogP contribution is 2.61. The van der Waals surface area contributed by atoms with Gasteiger partial charge in [0.1, 0.15) is 0 Å². The lowest BCUT2D eigenvalue weighted by atomic mass is 9.48. The largest absolute Gasteiger partial charge is 0.345 e. The zero-order valence-corrected chi connectivity index (χ0v) is 15.9. The summed E-state index contributed by atoms with van der Waals surface area (Å²) in [5.74, 6) is 1.52. The molecule has 140 valence electrons. The second-order valence-corrected chi connectivity index (χ2v) is 9.14. The van der Waals surface area contributed by atoms with Gasteiger partial charge in [0.2, 0.25) is 0 Å². The first-order chi connectivity index (χ1) is 12.4. The van der Waals surface area contributed by atoms with E-state index in [0.717, 1.165) is 23.3 Å². The summed E-state index contributed by atoms with van der Waals surface area (Å²) in [6, 6.07) is 8.05. The fraction of sp³-hybridized carbons (Fsp3) is 0.636. The molecule has 1 aromatic carbocycles. The SMILES string of the molecule is Cc1ccc(CNC(=O)C(=O)NC(C)C23CC4CC(CC(C4)C2)C3)cc1. The summed E-state index contributed by atoms with van der Waals surface area (Å²) in [5.41, 5.74) is 2.41. The maximum atomic E-state index is 12.4. The number of benzene rings is 1. The topological polar surface area (TPSA) is 58.2 Å². The summed E-state index contributed by atoms with van der Waals surface area (Å²) in [5, 5.41) is 5.78. The van der Waals surface area contributed by atoms with Crippen LogP contribution in [0.1, 0.15) is 56.6 Å². The van der Waals surface area contributed by atoms with Gasteiger partial charge in [0.25, 0.3) is 0 Å². The van der Waals surface area contributed by atoms with E-state index in [1.165, 1.54) is 44.1 Å². The molecule has 4 aliphatic rings. The fourth-order valence-electron chi connectivity index (χ4n) is 6.09. The third-order valence-corrected chi connectivity index (χ3v) is 7.13. The Hall–Kier alpha value is -1.84. The predicted octanol–water partition coefficient (Wildman–Crippen LogP) is 3.33. The number of amides is 2. The molecule has 2 N–H and O–H groups in total. The van der Waals surface area contributed by atoms with Crippen LogP contribution < -0.4 is 10.6 Å². The predicted molar refractivity (Wildman–Crippen MR) is 101 cm³/mol. The van der Waals surface area contributed by atoms with Crippen LogP contribution >= 0.6 is 0 Å². The Kier molecular flexibility index (Phi) is 4.54. The number of hydrogen-bond donors (Lipinski definition) is 2. The van der Waals surface area contributed by atoms with Gasteiger partial charge < -0.3 is 10.6 Å². The molecule has 4 heteroatoms. The molecule has 4 nitrogen and oxygen atoms in total. The monoisotopic (exact) mass is 354 g/mol. The van der Waals surface area contributed by atoms with Gasteiger partial charge in [-0.15, -0.1) is 0 Å². The van der Waals surface area contributed by atoms with Gasteiger partial charge in [-0.2, -0.15) is 0 Å². The maximum Gasteiger partial charge on any atom is 0.309 e. The summed E-state index contributed by atoms with van der Waals surface area (Å²) in [6.45, 7) is 4.53. The highest BCUT2D eigenvalue weighted by atomic mass is 16.2. The molecule has 2 amide bonds. The number of nitrogens with one attached hydrogen (secondary N) is 2. The summed E-state index contributed by atoms with van der Waals surface area (Å²) < 4.78 is 0. The van der Waals surface area contributed by atoms with Gasteiger partial charge in [-0.3, -0.25) is 9.59 Å². The summed E-state index contributed by atoms with van der Waals surface area (Å²) in [4.78, 5) is 24.6. The minimum atomic E-state index is -0.526. The van der Waals surface area contributed by atoms with E-state index in [1.54, 1.807) is 0 Å². The van der Waals surface area contributed by atoms with Crippen LogP contribution in [0.4, 0.5) is 0 Å². The van der Waals surface area contributed by atoms with Crippen molar-refractivity contribution in [2.45, 2.75) is 65.0 Å². The third-order valence-electron chi connectivity index (χ3n) is 7.13. The Bertz CT molecular complexity index is 659. The van der Waals surface area contributed by atoms with Crippen molar-refractivity contribution in [3.05, 3.63) is 35.4 Å². The quantitative estimate of drug-likeness (QED) is 0.815. The molecule has 0 radical (unpaired) electrons. The second-order valence-electron chi connectivity index (χ2n) is 9.14. The van der Waals surface area contributed by atoms with Gasteiger partial charge in [-0.05, 0) is 81.1 Å². The van der Waals surface area contributed by atoms with Crippen molar-refractivity contribution >= 4 is 11.8 Å². The summed E-state index contributed by atoms with van der Waals surface area (Å²) in [6.07, 6.45) is 7.84. The number of carbonyl (C=O) groups excluding carboxylic acids is 2. The van der Waals surface area contributed by atoms with E-state index >= 15 is 0 Å². The zero-order chi connectivity index (χ0) is 18.3. The van der Waals surface area contributed by atoms with Crippen LogP contribution in [0.25, 0.3) is 0 Å². The Balaban J connectivity index is 1.32. The minimum absolute atomic E-state index is 0.0773. The molecule has 4 saturated carbocycles. The van der Waals surface area contributed by atoms with Gasteiger partial charge in [0.05, 0.1) is 0 Å². The smallest absolute Gasteiger partial charge is 0.309 e. The van der Waals surface area contributed by atoms with Gasteiger partial charge in [-0.25, -0.2) is 0 Å². The Labute approximate surface area is 156 Å². The molecule has 1 unspecified atom stereocenters. The molecule has 0 aliphatic heterocycles. The van der Waals surface area contributed by atoms with Crippen molar-refractivity contribution in [1.82, 2.24) is 10.6 Å². The van der Waals surface area contributed by atoms with E-state index in [4.69, 9.17) is 0 Å². The van der Waals surface area contributed by atoms with Gasteiger partial charge in [-0.1, -0.05) is 29.8 Å². The van der Waals surface area contributed by atoms with Gasteiger partial charge >= 0.3 is 11.8 Å². The first-order valence-electron chi connectivity index (χ1n) is 10.1. The highest BCUT2D eigenvalue weighted by molar-refractivity contribution is 6.35. The van der Waals surface area contributed by atoms with Crippen molar-refractivity contribution < 1.29 is 9.59 Å². The molecular formula is C22H30N2O2. The molecule has 1 aromatic rings. The number of hydrogen-bond acceptors (Lipinski definition) is 2. The molecule has 0 aromatic heterocycles. The van der Waals surface area contributed by atoms with E-state index in [1.807, 2.05) is 31.2 Å². The first-order valence-corrected chi connectivity index (χ1v) is 10.1. The minimum Gasteiger partial charge on any atom is -0.345 e.